The standard InChI is InChI=1S/C37H51N9O9S2Si2/c1-20-26(31-44-28(22(3)55-31)34(47)50-4)42-29(53-20)25-19-57-33(41-25)27-21(2)54-30(43-27)24-18-56-32(40-24)23(38)12-11-13-39-35(45-36(48)51-14-16-58(5,6)7)46-37(49)52-15-17-59(8,9)10/h18-19,23H,11-17,38H2,1-10H3,(H2,39,45,46,48,49)/t23-/m0/s1. The summed E-state index contributed by atoms with van der Waals surface area (Å²) in [6.45, 7) is 19.1. The predicted molar refractivity (Wildman–Crippen MR) is 229 cm³/mol. The number of hydrogen-bond acceptors (Lipinski definition) is 18. The van der Waals surface area contributed by atoms with Gasteiger partial charge in [0.25, 0.3) is 0 Å². The van der Waals surface area contributed by atoms with Gasteiger partial charge in [-0.2, -0.15) is 0 Å². The number of nitrogens with two attached hydrogens (primary N) is 1. The fraction of sp³-hybridized carbons (Fsp3) is 0.486. The number of amides is 2. The van der Waals surface area contributed by atoms with Gasteiger partial charge in [-0.25, -0.2) is 39.3 Å². The molecule has 0 saturated heterocycles. The number of aliphatic imine (C=N–C) groups is 1. The molecule has 0 aliphatic rings. The molecule has 0 radical (unpaired) electrons. The summed E-state index contributed by atoms with van der Waals surface area (Å²) in [6, 6.07) is 1.20. The molecular formula is C37H51N9O9S2Si2. The zero-order chi connectivity index (χ0) is 43.1. The highest BCUT2D eigenvalue weighted by molar-refractivity contribution is 7.13. The van der Waals surface area contributed by atoms with E-state index in [9.17, 15) is 14.4 Å². The van der Waals surface area contributed by atoms with Gasteiger partial charge in [-0.1, -0.05) is 39.3 Å². The molecule has 1 atom stereocenters. The Morgan fingerprint density at radius 2 is 1.31 bits per heavy atom. The van der Waals surface area contributed by atoms with Crippen molar-refractivity contribution in [3.05, 3.63) is 38.7 Å². The van der Waals surface area contributed by atoms with Crippen molar-refractivity contribution in [2.75, 3.05) is 26.9 Å². The van der Waals surface area contributed by atoms with E-state index in [0.29, 0.717) is 68.8 Å². The van der Waals surface area contributed by atoms with Gasteiger partial charge in [-0.3, -0.25) is 15.6 Å². The summed E-state index contributed by atoms with van der Waals surface area (Å²) in [4.78, 5) is 64.3. The SMILES string of the molecule is COC(=O)c1nc(-c2nc(-c3csc(-c4nc(-c5csc([C@@H](N)CCCN=C(NC(=O)OCC[Si](C)(C)C)NC(=O)OCC[Si](C)(C)C)n5)oc4C)n3)oc2C)oc1C. The van der Waals surface area contributed by atoms with Gasteiger partial charge in [0.15, 0.2) is 11.4 Å². The molecule has 18 nitrogen and oxygen atoms in total. The van der Waals surface area contributed by atoms with E-state index in [1.807, 2.05) is 5.38 Å². The van der Waals surface area contributed by atoms with Crippen LogP contribution in [0.15, 0.2) is 29.0 Å². The van der Waals surface area contributed by atoms with Crippen molar-refractivity contribution in [2.24, 2.45) is 10.7 Å². The molecule has 0 aliphatic carbocycles. The normalized spacial score (nSPS) is 12.3. The van der Waals surface area contributed by atoms with Crippen LogP contribution >= 0.6 is 22.7 Å². The maximum atomic E-state index is 12.5. The Labute approximate surface area is 351 Å². The van der Waals surface area contributed by atoms with Crippen LogP contribution in [0.4, 0.5) is 9.59 Å². The number of methoxy groups -OCH3 is 1. The fourth-order valence-corrected chi connectivity index (χ4v) is 8.22. The Hall–Kier alpha value is -5.04. The number of aromatic nitrogens is 5. The number of alkyl carbamates (subject to hydrolysis) is 2. The number of esters is 1. The number of nitrogens with one attached hydrogen (secondary N) is 2. The summed E-state index contributed by atoms with van der Waals surface area (Å²) in [6.07, 6.45) is -0.351. The molecule has 59 heavy (non-hydrogen) atoms. The second-order valence-electron chi connectivity index (χ2n) is 16.0. The highest BCUT2D eigenvalue weighted by Crippen LogP contribution is 2.35. The van der Waals surface area contributed by atoms with Crippen molar-refractivity contribution < 1.29 is 41.8 Å². The fourth-order valence-electron chi connectivity index (χ4n) is 5.13. The van der Waals surface area contributed by atoms with E-state index in [-0.39, 0.29) is 43.2 Å². The molecule has 0 spiro atoms. The summed E-state index contributed by atoms with van der Waals surface area (Å²) in [5, 5.41) is 9.96. The van der Waals surface area contributed by atoms with Gasteiger partial charge in [-0.15, -0.1) is 22.7 Å². The van der Waals surface area contributed by atoms with E-state index in [4.69, 9.17) is 48.1 Å². The number of ether oxygens (including phenoxy) is 3. The molecule has 2 amide bonds. The van der Waals surface area contributed by atoms with Crippen LogP contribution in [0.3, 0.4) is 0 Å². The van der Waals surface area contributed by atoms with Crippen LogP contribution in [-0.2, 0) is 14.2 Å². The Bertz CT molecular complexity index is 2250. The van der Waals surface area contributed by atoms with E-state index in [2.05, 4.69) is 64.9 Å². The van der Waals surface area contributed by atoms with Crippen LogP contribution in [-0.4, -0.2) is 92.1 Å². The zero-order valence-electron chi connectivity index (χ0n) is 34.9. The lowest BCUT2D eigenvalue weighted by Crippen LogP contribution is -2.45. The number of rotatable bonds is 16. The number of oxazole rings is 3. The van der Waals surface area contributed by atoms with Crippen molar-refractivity contribution in [3.63, 3.8) is 0 Å². The van der Waals surface area contributed by atoms with E-state index in [1.54, 1.807) is 26.2 Å². The van der Waals surface area contributed by atoms with Crippen molar-refractivity contribution in [1.29, 1.82) is 0 Å². The number of nitrogens with zero attached hydrogens (tertiary/aromatic N) is 6. The molecule has 0 saturated carbocycles. The minimum Gasteiger partial charge on any atom is -0.464 e. The van der Waals surface area contributed by atoms with Crippen LogP contribution in [0.25, 0.3) is 45.5 Å². The molecule has 0 aromatic carbocycles. The number of carbonyl (C=O) groups excluding carboxylic acids is 3. The third kappa shape index (κ3) is 12.7. The largest absolute Gasteiger partial charge is 0.464 e. The minimum atomic E-state index is -1.41. The first kappa shape index (κ1) is 45.1. The van der Waals surface area contributed by atoms with Crippen molar-refractivity contribution >= 4 is 62.9 Å². The number of guanidine groups is 1. The van der Waals surface area contributed by atoms with Gasteiger partial charge in [0.1, 0.15) is 44.4 Å². The monoisotopic (exact) mass is 885 g/mol. The van der Waals surface area contributed by atoms with Gasteiger partial charge in [0, 0.05) is 33.5 Å². The lowest BCUT2D eigenvalue weighted by molar-refractivity contribution is 0.0592. The van der Waals surface area contributed by atoms with Crippen LogP contribution in [0.2, 0.25) is 51.4 Å². The van der Waals surface area contributed by atoms with Gasteiger partial charge in [-0.05, 0) is 45.7 Å². The number of hydrogen-bond donors (Lipinski definition) is 3. The maximum absolute atomic E-state index is 12.5. The molecule has 5 rings (SSSR count). The average molecular weight is 886 g/mol. The highest BCUT2D eigenvalue weighted by atomic mass is 32.1. The smallest absolute Gasteiger partial charge is 0.413 e. The Morgan fingerprint density at radius 3 is 1.90 bits per heavy atom. The maximum Gasteiger partial charge on any atom is 0.413 e. The first-order valence-corrected chi connectivity index (χ1v) is 28.1. The molecular weight excluding hydrogens is 835 g/mol. The van der Waals surface area contributed by atoms with Crippen molar-refractivity contribution in [2.45, 2.75) is 91.0 Å². The van der Waals surface area contributed by atoms with Gasteiger partial charge < -0.3 is 33.2 Å². The second-order valence-corrected chi connectivity index (χ2v) is 29.0. The highest BCUT2D eigenvalue weighted by Gasteiger charge is 2.26. The van der Waals surface area contributed by atoms with Crippen LogP contribution in [0, 0.1) is 20.8 Å². The molecule has 318 valence electrons. The molecule has 5 aromatic rings. The van der Waals surface area contributed by atoms with Crippen molar-refractivity contribution in [3.8, 4) is 45.5 Å². The van der Waals surface area contributed by atoms with Gasteiger partial charge in [0.2, 0.25) is 23.6 Å². The van der Waals surface area contributed by atoms with Gasteiger partial charge >= 0.3 is 18.2 Å². The van der Waals surface area contributed by atoms with Crippen LogP contribution in [0.1, 0.15) is 51.7 Å². The number of thiazole rings is 2. The predicted octanol–water partition coefficient (Wildman–Crippen LogP) is 8.21. The molecule has 5 aromatic heterocycles. The molecule has 22 heteroatoms. The molecule has 0 unspecified atom stereocenters. The van der Waals surface area contributed by atoms with E-state index >= 15 is 0 Å². The van der Waals surface area contributed by atoms with E-state index in [0.717, 1.165) is 12.1 Å². The second kappa shape index (κ2) is 19.4. The van der Waals surface area contributed by atoms with Crippen LogP contribution in [0.5, 0.6) is 0 Å². The van der Waals surface area contributed by atoms with Crippen LogP contribution < -0.4 is 16.4 Å². The first-order valence-electron chi connectivity index (χ1n) is 18.9. The average Bonchev–Trinajstić information content (AvgIpc) is 3.99. The molecule has 0 fully saturated rings. The quantitative estimate of drug-likeness (QED) is 0.0211. The Morgan fingerprint density at radius 1 is 0.763 bits per heavy atom. The topological polar surface area (TPSA) is 245 Å². The third-order valence-electron chi connectivity index (χ3n) is 8.51. The third-order valence-corrected chi connectivity index (χ3v) is 13.7. The first-order chi connectivity index (χ1) is 27.8. The summed E-state index contributed by atoms with van der Waals surface area (Å²) in [5.41, 5.74) is 8.47. The van der Waals surface area contributed by atoms with E-state index in [1.165, 1.54) is 29.8 Å². The minimum absolute atomic E-state index is 0.0503. The summed E-state index contributed by atoms with van der Waals surface area (Å²) >= 11 is 2.73. The number of aryl methyl sites for hydroxylation is 3. The lowest BCUT2D eigenvalue weighted by atomic mass is 10.2. The van der Waals surface area contributed by atoms with E-state index < -0.39 is 40.3 Å². The molecule has 5 heterocycles. The Balaban J connectivity index is 1.19. The van der Waals surface area contributed by atoms with Crippen molar-refractivity contribution in [1.82, 2.24) is 35.6 Å². The van der Waals surface area contributed by atoms with Gasteiger partial charge in [0.05, 0.1) is 26.4 Å². The zero-order valence-corrected chi connectivity index (χ0v) is 38.6. The molecule has 4 N–H and O–H groups in total. The molecule has 0 aliphatic heterocycles. The summed E-state index contributed by atoms with van der Waals surface area (Å²) in [5.74, 6) is 1.32. The summed E-state index contributed by atoms with van der Waals surface area (Å²) < 4.78 is 33.0. The summed E-state index contributed by atoms with van der Waals surface area (Å²) in [7, 11) is -1.55. The molecule has 0 bridgehead atoms. The number of carbonyl (C=O) groups is 3. The Kier molecular flexibility index (Phi) is 14.8. The lowest BCUT2D eigenvalue weighted by Gasteiger charge is -2.17.